The first-order valence-corrected chi connectivity index (χ1v) is 12.3. The van der Waals surface area contributed by atoms with Gasteiger partial charge < -0.3 is 19.3 Å². The predicted octanol–water partition coefficient (Wildman–Crippen LogP) is 5.42. The number of nitrogens with zero attached hydrogens (tertiary/aromatic N) is 4. The zero-order valence-electron chi connectivity index (χ0n) is 21.3. The lowest BCUT2D eigenvalue weighted by Gasteiger charge is -2.30. The minimum absolute atomic E-state index is 0.0592. The van der Waals surface area contributed by atoms with Crippen molar-refractivity contribution in [3.63, 3.8) is 0 Å². The molecule has 5 rings (SSSR count). The molecule has 1 aromatic heterocycles. The molecule has 188 valence electrons. The van der Waals surface area contributed by atoms with Crippen LogP contribution in [0, 0.1) is 6.92 Å². The van der Waals surface area contributed by atoms with E-state index < -0.39 is 0 Å². The number of aryl methyl sites for hydroxylation is 1. The molecule has 0 fully saturated rings. The lowest BCUT2D eigenvalue weighted by atomic mass is 10.0. The van der Waals surface area contributed by atoms with Crippen LogP contribution in [0.1, 0.15) is 32.7 Å². The molecule has 0 radical (unpaired) electrons. The quantitative estimate of drug-likeness (QED) is 0.342. The fraction of sp³-hybridized carbons (Fsp3) is 0.233. The second kappa shape index (κ2) is 10.7. The van der Waals surface area contributed by atoms with Crippen molar-refractivity contribution < 1.29 is 14.3 Å². The van der Waals surface area contributed by atoms with Gasteiger partial charge in [0, 0.05) is 32.1 Å². The van der Waals surface area contributed by atoms with Crippen LogP contribution in [-0.2, 0) is 19.5 Å². The molecule has 2 heterocycles. The second-order valence-corrected chi connectivity index (χ2v) is 9.22. The van der Waals surface area contributed by atoms with Gasteiger partial charge in [-0.15, -0.1) is 0 Å². The summed E-state index contributed by atoms with van der Waals surface area (Å²) in [6.07, 6.45) is 0.615. The van der Waals surface area contributed by atoms with Crippen molar-refractivity contribution in [2.45, 2.75) is 26.4 Å². The molecule has 1 amide bonds. The van der Waals surface area contributed by atoms with E-state index in [4.69, 9.17) is 19.4 Å². The number of hydrogen-bond acceptors (Lipinski definition) is 6. The standard InChI is InChI=1S/C30H30N4O3/c1-21-12-14-24(15-13-21)37-28-26-20-34(29(35)23-10-7-11-25(18-23)36-3)17-16-27(26)31-30(32-28)33(2)19-22-8-5-4-6-9-22/h4-15,18H,16-17,19-20H2,1-3H3. The molecular formula is C30H30N4O3. The summed E-state index contributed by atoms with van der Waals surface area (Å²) >= 11 is 0. The molecule has 0 unspecified atom stereocenters. The SMILES string of the molecule is COc1cccc(C(=O)N2CCc3nc(N(C)Cc4ccccc4)nc(Oc4ccc(C)cc4)c3C2)c1. The average molecular weight is 495 g/mol. The molecule has 0 atom stereocenters. The summed E-state index contributed by atoms with van der Waals surface area (Å²) in [6, 6.07) is 25.3. The van der Waals surface area contributed by atoms with Crippen molar-refractivity contribution in [2.75, 3.05) is 25.6 Å². The van der Waals surface area contributed by atoms with E-state index in [0.29, 0.717) is 54.9 Å². The fourth-order valence-corrected chi connectivity index (χ4v) is 4.38. The van der Waals surface area contributed by atoms with Crippen LogP contribution in [0.2, 0.25) is 0 Å². The largest absolute Gasteiger partial charge is 0.497 e. The van der Waals surface area contributed by atoms with Crippen LogP contribution < -0.4 is 14.4 Å². The van der Waals surface area contributed by atoms with E-state index in [1.54, 1.807) is 13.2 Å². The molecule has 7 heteroatoms. The molecule has 0 N–H and O–H groups in total. The first-order valence-electron chi connectivity index (χ1n) is 12.3. The summed E-state index contributed by atoms with van der Waals surface area (Å²) in [7, 11) is 3.57. The summed E-state index contributed by atoms with van der Waals surface area (Å²) in [5.74, 6) is 2.36. The number of anilines is 1. The Kier molecular flexibility index (Phi) is 7.03. The maximum absolute atomic E-state index is 13.3. The number of carbonyl (C=O) groups is 1. The van der Waals surface area contributed by atoms with Gasteiger partial charge in [-0.05, 0) is 42.8 Å². The van der Waals surface area contributed by atoms with Gasteiger partial charge in [-0.2, -0.15) is 4.98 Å². The number of fused-ring (bicyclic) bond motifs is 1. The maximum Gasteiger partial charge on any atom is 0.254 e. The highest BCUT2D eigenvalue weighted by Crippen LogP contribution is 2.32. The topological polar surface area (TPSA) is 67.8 Å². The molecule has 1 aliphatic rings. The molecule has 0 aliphatic carbocycles. The van der Waals surface area contributed by atoms with E-state index in [0.717, 1.165) is 16.8 Å². The van der Waals surface area contributed by atoms with Crippen molar-refractivity contribution in [3.05, 3.63) is 107 Å². The van der Waals surface area contributed by atoms with Crippen LogP contribution in [0.15, 0.2) is 78.9 Å². The molecule has 0 saturated heterocycles. The number of ether oxygens (including phenoxy) is 2. The van der Waals surface area contributed by atoms with Crippen molar-refractivity contribution in [1.82, 2.24) is 14.9 Å². The van der Waals surface area contributed by atoms with Crippen LogP contribution in [-0.4, -0.2) is 41.5 Å². The predicted molar refractivity (Wildman–Crippen MR) is 143 cm³/mol. The van der Waals surface area contributed by atoms with Gasteiger partial charge in [0.1, 0.15) is 11.5 Å². The number of hydrogen-bond donors (Lipinski definition) is 0. The van der Waals surface area contributed by atoms with Crippen molar-refractivity contribution in [3.8, 4) is 17.4 Å². The third-order valence-corrected chi connectivity index (χ3v) is 6.45. The first kappa shape index (κ1) is 24.3. The van der Waals surface area contributed by atoms with Gasteiger partial charge in [-0.25, -0.2) is 4.98 Å². The summed E-state index contributed by atoms with van der Waals surface area (Å²) < 4.78 is 11.6. The normalized spacial score (nSPS) is 12.6. The number of amides is 1. The molecule has 4 aromatic rings. The van der Waals surface area contributed by atoms with E-state index in [2.05, 4.69) is 12.1 Å². The number of benzene rings is 3. The van der Waals surface area contributed by atoms with E-state index in [1.807, 2.05) is 84.4 Å². The monoisotopic (exact) mass is 494 g/mol. The fourth-order valence-electron chi connectivity index (χ4n) is 4.38. The third-order valence-electron chi connectivity index (χ3n) is 6.45. The first-order chi connectivity index (χ1) is 18.0. The van der Waals surface area contributed by atoms with Gasteiger partial charge in [-0.1, -0.05) is 54.1 Å². The second-order valence-electron chi connectivity index (χ2n) is 9.22. The number of methoxy groups -OCH3 is 1. The molecule has 3 aromatic carbocycles. The van der Waals surface area contributed by atoms with E-state index in [9.17, 15) is 4.79 Å². The molecule has 37 heavy (non-hydrogen) atoms. The van der Waals surface area contributed by atoms with Gasteiger partial charge in [0.25, 0.3) is 5.91 Å². The maximum atomic E-state index is 13.3. The zero-order chi connectivity index (χ0) is 25.8. The Morgan fingerprint density at radius 2 is 1.76 bits per heavy atom. The van der Waals surface area contributed by atoms with E-state index in [1.165, 1.54) is 5.56 Å². The minimum Gasteiger partial charge on any atom is -0.497 e. The minimum atomic E-state index is -0.0592. The average Bonchev–Trinajstić information content (AvgIpc) is 2.94. The Morgan fingerprint density at radius 1 is 0.973 bits per heavy atom. The highest BCUT2D eigenvalue weighted by atomic mass is 16.5. The van der Waals surface area contributed by atoms with Crippen LogP contribution in [0.3, 0.4) is 0 Å². The van der Waals surface area contributed by atoms with Crippen LogP contribution in [0.5, 0.6) is 17.4 Å². The zero-order valence-corrected chi connectivity index (χ0v) is 21.3. The van der Waals surface area contributed by atoms with Gasteiger partial charge in [0.2, 0.25) is 11.8 Å². The van der Waals surface area contributed by atoms with Gasteiger partial charge >= 0.3 is 0 Å². The van der Waals surface area contributed by atoms with Crippen molar-refractivity contribution in [1.29, 1.82) is 0 Å². The van der Waals surface area contributed by atoms with Crippen molar-refractivity contribution in [2.24, 2.45) is 0 Å². The number of aromatic nitrogens is 2. The van der Waals surface area contributed by atoms with Gasteiger partial charge in [0.15, 0.2) is 0 Å². The van der Waals surface area contributed by atoms with E-state index >= 15 is 0 Å². The van der Waals surface area contributed by atoms with E-state index in [-0.39, 0.29) is 5.91 Å². The highest BCUT2D eigenvalue weighted by molar-refractivity contribution is 5.94. The summed E-state index contributed by atoms with van der Waals surface area (Å²) in [6.45, 7) is 3.64. The Bertz CT molecular complexity index is 1390. The molecular weight excluding hydrogens is 464 g/mol. The van der Waals surface area contributed by atoms with Crippen LogP contribution in [0.25, 0.3) is 0 Å². The summed E-state index contributed by atoms with van der Waals surface area (Å²) in [4.78, 5) is 26.9. The highest BCUT2D eigenvalue weighted by Gasteiger charge is 2.28. The van der Waals surface area contributed by atoms with Gasteiger partial charge in [-0.3, -0.25) is 4.79 Å². The molecule has 0 spiro atoms. The van der Waals surface area contributed by atoms with Crippen LogP contribution >= 0.6 is 0 Å². The summed E-state index contributed by atoms with van der Waals surface area (Å²) in [5.41, 5.74) is 4.64. The molecule has 0 bridgehead atoms. The Hall–Kier alpha value is -4.39. The van der Waals surface area contributed by atoms with Crippen molar-refractivity contribution >= 4 is 11.9 Å². The Morgan fingerprint density at radius 3 is 2.51 bits per heavy atom. The molecule has 1 aliphatic heterocycles. The Labute approximate surface area is 217 Å². The smallest absolute Gasteiger partial charge is 0.254 e. The third kappa shape index (κ3) is 5.56. The lowest BCUT2D eigenvalue weighted by molar-refractivity contribution is 0.0731. The number of rotatable bonds is 7. The van der Waals surface area contributed by atoms with Gasteiger partial charge in [0.05, 0.1) is 24.9 Å². The lowest BCUT2D eigenvalue weighted by Crippen LogP contribution is -2.37. The molecule has 7 nitrogen and oxygen atoms in total. The summed E-state index contributed by atoms with van der Waals surface area (Å²) in [5, 5.41) is 0. The molecule has 0 saturated carbocycles. The number of carbonyl (C=O) groups excluding carboxylic acids is 1. The van der Waals surface area contributed by atoms with Crippen LogP contribution in [0.4, 0.5) is 5.95 Å². The Balaban J connectivity index is 1.46.